The number of aryl methyl sites for hydroxylation is 1. The molecular formula is C14H26N4S. The van der Waals surface area contributed by atoms with Crippen molar-refractivity contribution in [2.45, 2.75) is 45.8 Å². The lowest BCUT2D eigenvalue weighted by Crippen LogP contribution is -2.13. The fraction of sp³-hybridized carbons (Fsp3) is 0.714. The van der Waals surface area contributed by atoms with Crippen molar-refractivity contribution in [2.75, 3.05) is 30.0 Å². The lowest BCUT2D eigenvalue weighted by Gasteiger charge is -2.15. The van der Waals surface area contributed by atoms with Crippen LogP contribution in [-0.2, 0) is 0 Å². The van der Waals surface area contributed by atoms with Crippen LogP contribution in [0.25, 0.3) is 0 Å². The fourth-order valence-corrected chi connectivity index (χ4v) is 2.08. The summed E-state index contributed by atoms with van der Waals surface area (Å²) >= 11 is 1.90. The highest BCUT2D eigenvalue weighted by Crippen LogP contribution is 2.20. The van der Waals surface area contributed by atoms with Crippen LogP contribution >= 0.6 is 11.8 Å². The Kier molecular flexibility index (Phi) is 6.99. The van der Waals surface area contributed by atoms with E-state index in [4.69, 9.17) is 0 Å². The number of aromatic nitrogens is 2. The number of nitrogens with zero attached hydrogens (tertiary/aromatic N) is 2. The Morgan fingerprint density at radius 3 is 2.21 bits per heavy atom. The van der Waals surface area contributed by atoms with E-state index in [1.165, 1.54) is 0 Å². The predicted octanol–water partition coefficient (Wildman–Crippen LogP) is 3.47. The monoisotopic (exact) mass is 282 g/mol. The van der Waals surface area contributed by atoms with Gasteiger partial charge in [-0.2, -0.15) is 11.8 Å². The fourth-order valence-electron chi connectivity index (χ4n) is 1.73. The molecular weight excluding hydrogens is 256 g/mol. The maximum absolute atomic E-state index is 4.50. The Balaban J connectivity index is 2.68. The molecule has 1 aromatic rings. The first-order valence-electron chi connectivity index (χ1n) is 6.94. The molecule has 0 spiro atoms. The highest BCUT2D eigenvalue weighted by molar-refractivity contribution is 7.99. The molecule has 0 aliphatic carbocycles. The molecule has 0 amide bonds. The molecule has 108 valence electrons. The number of hydrogen-bond acceptors (Lipinski definition) is 5. The molecule has 0 saturated carbocycles. The van der Waals surface area contributed by atoms with Crippen molar-refractivity contribution in [3.05, 3.63) is 11.4 Å². The average Bonchev–Trinajstić information content (AvgIpc) is 2.40. The third-order valence-corrected chi connectivity index (χ3v) is 4.09. The zero-order chi connectivity index (χ0) is 14.3. The van der Waals surface area contributed by atoms with Gasteiger partial charge < -0.3 is 10.6 Å². The molecule has 1 unspecified atom stereocenters. The van der Waals surface area contributed by atoms with Crippen molar-refractivity contribution >= 4 is 23.4 Å². The molecule has 0 radical (unpaired) electrons. The quantitative estimate of drug-likeness (QED) is 0.764. The summed E-state index contributed by atoms with van der Waals surface area (Å²) in [7, 11) is 0. The van der Waals surface area contributed by atoms with Gasteiger partial charge in [0.1, 0.15) is 17.5 Å². The second-order valence-corrected chi connectivity index (χ2v) is 6.06. The predicted molar refractivity (Wildman–Crippen MR) is 86.4 cm³/mol. The first-order valence-corrected chi connectivity index (χ1v) is 8.23. The van der Waals surface area contributed by atoms with Gasteiger partial charge in [0.15, 0.2) is 0 Å². The molecule has 0 aromatic carbocycles. The maximum Gasteiger partial charge on any atom is 0.134 e. The number of nitrogens with one attached hydrogen (secondary N) is 2. The molecule has 2 N–H and O–H groups in total. The van der Waals surface area contributed by atoms with Crippen LogP contribution in [0.1, 0.15) is 38.1 Å². The zero-order valence-corrected chi connectivity index (χ0v) is 13.5. The SMILES string of the molecule is CCCNc1nc(C)nc(NCCC(C)SC)c1C. The van der Waals surface area contributed by atoms with Crippen molar-refractivity contribution in [3.63, 3.8) is 0 Å². The Morgan fingerprint density at radius 2 is 1.68 bits per heavy atom. The zero-order valence-electron chi connectivity index (χ0n) is 12.7. The van der Waals surface area contributed by atoms with Crippen LogP contribution in [0.2, 0.25) is 0 Å². The van der Waals surface area contributed by atoms with E-state index in [2.05, 4.69) is 47.6 Å². The normalized spacial score (nSPS) is 12.3. The van der Waals surface area contributed by atoms with E-state index < -0.39 is 0 Å². The van der Waals surface area contributed by atoms with E-state index in [9.17, 15) is 0 Å². The van der Waals surface area contributed by atoms with Crippen LogP contribution in [0.15, 0.2) is 0 Å². The first kappa shape index (κ1) is 16.1. The molecule has 1 aromatic heterocycles. The molecule has 0 fully saturated rings. The van der Waals surface area contributed by atoms with Gasteiger partial charge in [0.25, 0.3) is 0 Å². The standard InChI is InChI=1S/C14H26N4S/c1-6-8-15-13-11(3)14(18-12(4)17-13)16-9-7-10(2)19-5/h10H,6-9H2,1-5H3,(H2,15,16,17,18). The largest absolute Gasteiger partial charge is 0.370 e. The van der Waals surface area contributed by atoms with E-state index in [1.54, 1.807) is 0 Å². The van der Waals surface area contributed by atoms with E-state index >= 15 is 0 Å². The van der Waals surface area contributed by atoms with Gasteiger partial charge in [-0.1, -0.05) is 13.8 Å². The van der Waals surface area contributed by atoms with Gasteiger partial charge in [0.05, 0.1) is 0 Å². The first-order chi connectivity index (χ1) is 9.08. The van der Waals surface area contributed by atoms with E-state index in [1.807, 2.05) is 18.7 Å². The Bertz CT molecular complexity index is 395. The summed E-state index contributed by atoms with van der Waals surface area (Å²) < 4.78 is 0. The lowest BCUT2D eigenvalue weighted by atomic mass is 10.2. The summed E-state index contributed by atoms with van der Waals surface area (Å²) in [6, 6.07) is 0. The van der Waals surface area contributed by atoms with Gasteiger partial charge in [-0.25, -0.2) is 9.97 Å². The van der Waals surface area contributed by atoms with Gasteiger partial charge >= 0.3 is 0 Å². The Labute approximate surface area is 121 Å². The van der Waals surface area contributed by atoms with E-state index in [-0.39, 0.29) is 0 Å². The van der Waals surface area contributed by atoms with Crippen molar-refractivity contribution in [2.24, 2.45) is 0 Å². The topological polar surface area (TPSA) is 49.8 Å². The lowest BCUT2D eigenvalue weighted by molar-refractivity contribution is 0.845. The molecule has 5 heteroatoms. The average molecular weight is 282 g/mol. The summed E-state index contributed by atoms with van der Waals surface area (Å²) in [5.74, 6) is 2.72. The summed E-state index contributed by atoms with van der Waals surface area (Å²) in [5, 5.41) is 7.46. The highest BCUT2D eigenvalue weighted by Gasteiger charge is 2.08. The minimum absolute atomic E-state index is 0.674. The van der Waals surface area contributed by atoms with Gasteiger partial charge in [0.2, 0.25) is 0 Å². The van der Waals surface area contributed by atoms with Crippen LogP contribution in [0.4, 0.5) is 11.6 Å². The van der Waals surface area contributed by atoms with Crippen LogP contribution in [0.5, 0.6) is 0 Å². The van der Waals surface area contributed by atoms with Crippen LogP contribution in [0.3, 0.4) is 0 Å². The van der Waals surface area contributed by atoms with Gasteiger partial charge in [-0.15, -0.1) is 0 Å². The molecule has 1 heterocycles. The van der Waals surface area contributed by atoms with E-state index in [0.717, 1.165) is 49.0 Å². The van der Waals surface area contributed by atoms with Crippen molar-refractivity contribution < 1.29 is 0 Å². The van der Waals surface area contributed by atoms with Crippen LogP contribution < -0.4 is 10.6 Å². The van der Waals surface area contributed by atoms with Crippen molar-refractivity contribution in [3.8, 4) is 0 Å². The molecule has 0 bridgehead atoms. The van der Waals surface area contributed by atoms with E-state index in [0.29, 0.717) is 5.25 Å². The van der Waals surface area contributed by atoms with Crippen LogP contribution in [0, 0.1) is 13.8 Å². The molecule has 0 saturated heterocycles. The third kappa shape index (κ3) is 5.27. The van der Waals surface area contributed by atoms with Gasteiger partial charge in [-0.05, 0) is 32.9 Å². The highest BCUT2D eigenvalue weighted by atomic mass is 32.2. The Hall–Kier alpha value is -0.970. The number of rotatable bonds is 8. The summed E-state index contributed by atoms with van der Waals surface area (Å²) in [5.41, 5.74) is 1.11. The molecule has 19 heavy (non-hydrogen) atoms. The summed E-state index contributed by atoms with van der Waals surface area (Å²) in [4.78, 5) is 8.96. The third-order valence-electron chi connectivity index (χ3n) is 3.05. The van der Waals surface area contributed by atoms with Crippen molar-refractivity contribution in [1.29, 1.82) is 0 Å². The second kappa shape index (κ2) is 8.25. The molecule has 0 aliphatic rings. The van der Waals surface area contributed by atoms with Gasteiger partial charge in [0, 0.05) is 23.9 Å². The number of anilines is 2. The second-order valence-electron chi connectivity index (χ2n) is 4.78. The van der Waals surface area contributed by atoms with Crippen LogP contribution in [-0.4, -0.2) is 34.6 Å². The Morgan fingerprint density at radius 1 is 1.11 bits per heavy atom. The number of thioether (sulfide) groups is 1. The van der Waals surface area contributed by atoms with Crippen molar-refractivity contribution in [1.82, 2.24) is 9.97 Å². The smallest absolute Gasteiger partial charge is 0.134 e. The minimum atomic E-state index is 0.674. The molecule has 1 atom stereocenters. The molecule has 0 aliphatic heterocycles. The summed E-state index contributed by atoms with van der Waals surface area (Å²) in [6.45, 7) is 10.3. The maximum atomic E-state index is 4.50. The molecule has 1 rings (SSSR count). The summed E-state index contributed by atoms with van der Waals surface area (Å²) in [6.07, 6.45) is 4.38. The minimum Gasteiger partial charge on any atom is -0.370 e. The molecule has 4 nitrogen and oxygen atoms in total. The van der Waals surface area contributed by atoms with Gasteiger partial charge in [-0.3, -0.25) is 0 Å². The number of hydrogen-bond donors (Lipinski definition) is 2.